The van der Waals surface area contributed by atoms with Crippen LogP contribution in [0.15, 0.2) is 0 Å². The number of fused-ring (bicyclic) bond motifs is 7. The molecule has 12 atom stereocenters. The molecule has 0 aromatic heterocycles. The van der Waals surface area contributed by atoms with Crippen LogP contribution < -0.4 is 5.73 Å². The average molecular weight is 416 g/mol. The van der Waals surface area contributed by atoms with Gasteiger partial charge in [0.05, 0.1) is 12.7 Å². The van der Waals surface area contributed by atoms with E-state index in [1.165, 1.54) is 57.8 Å². The smallest absolute Gasteiger partial charge is 0.171 e. The standard InChI is InChI=1S/C27H45NO2/c1-16-7-12-27(29-15-16)17(2)24-23(30-27)14-22-20-6-5-18-13-19(28)8-10-25(18,3)21(20)9-11-26(22,24)4/h16-24H,5-15,28H2,1-4H3/t16-,17-,18+,19-,20+,21-,22-,23-,24-,25-,26-,27+/m0/s1. The molecule has 0 radical (unpaired) electrons. The molecular formula is C27H45NO2. The van der Waals surface area contributed by atoms with Gasteiger partial charge in [-0.25, -0.2) is 0 Å². The van der Waals surface area contributed by atoms with Crippen molar-refractivity contribution in [1.82, 2.24) is 0 Å². The average Bonchev–Trinajstić information content (AvgIpc) is 3.16. The normalized spacial score (nSPS) is 62.5. The molecule has 6 aliphatic rings. The van der Waals surface area contributed by atoms with Crippen LogP contribution in [0.4, 0.5) is 0 Å². The van der Waals surface area contributed by atoms with E-state index in [9.17, 15) is 0 Å². The summed E-state index contributed by atoms with van der Waals surface area (Å²) in [5.74, 6) is 5.25. The zero-order valence-electron chi connectivity index (χ0n) is 19.9. The third-order valence-electron chi connectivity index (χ3n) is 12.0. The van der Waals surface area contributed by atoms with Crippen molar-refractivity contribution in [3.8, 4) is 0 Å². The predicted octanol–water partition coefficient (Wildman–Crippen LogP) is 5.76. The zero-order valence-corrected chi connectivity index (χ0v) is 19.9. The molecule has 3 heteroatoms. The van der Waals surface area contributed by atoms with E-state index in [1.54, 1.807) is 0 Å². The van der Waals surface area contributed by atoms with Gasteiger partial charge >= 0.3 is 0 Å². The van der Waals surface area contributed by atoms with Crippen LogP contribution in [0.25, 0.3) is 0 Å². The van der Waals surface area contributed by atoms with Crippen molar-refractivity contribution >= 4 is 0 Å². The summed E-state index contributed by atoms with van der Waals surface area (Å²) in [5, 5.41) is 0. The quantitative estimate of drug-likeness (QED) is 0.547. The van der Waals surface area contributed by atoms with Gasteiger partial charge < -0.3 is 15.2 Å². The lowest BCUT2D eigenvalue weighted by Gasteiger charge is -2.61. The largest absolute Gasteiger partial charge is 0.349 e. The second kappa shape index (κ2) is 6.70. The van der Waals surface area contributed by atoms with E-state index in [4.69, 9.17) is 15.2 Å². The molecule has 2 saturated heterocycles. The highest BCUT2D eigenvalue weighted by Gasteiger charge is 2.69. The maximum atomic E-state index is 6.92. The fourth-order valence-electron chi connectivity index (χ4n) is 10.3. The van der Waals surface area contributed by atoms with Gasteiger partial charge in [0, 0.05) is 18.4 Å². The summed E-state index contributed by atoms with van der Waals surface area (Å²) in [7, 11) is 0. The molecule has 4 saturated carbocycles. The highest BCUT2D eigenvalue weighted by Crippen LogP contribution is 2.71. The van der Waals surface area contributed by atoms with E-state index in [0.29, 0.717) is 40.7 Å². The second-order valence-electron chi connectivity index (χ2n) is 13.2. The van der Waals surface area contributed by atoms with Crippen LogP contribution >= 0.6 is 0 Å². The fourth-order valence-corrected chi connectivity index (χ4v) is 10.3. The lowest BCUT2D eigenvalue weighted by Crippen LogP contribution is -2.55. The molecule has 0 aromatic rings. The molecule has 6 rings (SSSR count). The van der Waals surface area contributed by atoms with E-state index >= 15 is 0 Å². The van der Waals surface area contributed by atoms with Crippen molar-refractivity contribution in [1.29, 1.82) is 0 Å². The predicted molar refractivity (Wildman–Crippen MR) is 120 cm³/mol. The van der Waals surface area contributed by atoms with Crippen molar-refractivity contribution < 1.29 is 9.47 Å². The van der Waals surface area contributed by atoms with E-state index < -0.39 is 0 Å². The molecule has 3 nitrogen and oxygen atoms in total. The molecule has 30 heavy (non-hydrogen) atoms. The topological polar surface area (TPSA) is 44.5 Å². The van der Waals surface area contributed by atoms with Crippen molar-refractivity contribution in [2.24, 2.45) is 58.0 Å². The third-order valence-corrected chi connectivity index (χ3v) is 12.0. The van der Waals surface area contributed by atoms with E-state index in [1.807, 2.05) is 0 Å². The minimum atomic E-state index is -0.268. The summed E-state index contributed by atoms with van der Waals surface area (Å²) in [5.41, 5.74) is 7.40. The number of hydrogen-bond donors (Lipinski definition) is 1. The molecule has 0 bridgehead atoms. The van der Waals surface area contributed by atoms with Gasteiger partial charge in [0.25, 0.3) is 0 Å². The minimum absolute atomic E-state index is 0.268. The Morgan fingerprint density at radius 1 is 0.833 bits per heavy atom. The molecule has 1 spiro atoms. The maximum absolute atomic E-state index is 6.92. The van der Waals surface area contributed by atoms with Gasteiger partial charge in [-0.2, -0.15) is 0 Å². The van der Waals surface area contributed by atoms with Crippen molar-refractivity contribution in [3.63, 3.8) is 0 Å². The van der Waals surface area contributed by atoms with E-state index in [-0.39, 0.29) is 5.79 Å². The van der Waals surface area contributed by atoms with Crippen molar-refractivity contribution in [2.75, 3.05) is 6.61 Å². The van der Waals surface area contributed by atoms with Crippen LogP contribution in [0.5, 0.6) is 0 Å². The molecule has 170 valence electrons. The van der Waals surface area contributed by atoms with Crippen LogP contribution in [0, 0.1) is 52.3 Å². The van der Waals surface area contributed by atoms with Crippen LogP contribution in [0.1, 0.15) is 91.9 Å². The van der Waals surface area contributed by atoms with Crippen LogP contribution in [-0.2, 0) is 9.47 Å². The van der Waals surface area contributed by atoms with Crippen LogP contribution in [-0.4, -0.2) is 24.5 Å². The Bertz CT molecular complexity index is 686. The van der Waals surface area contributed by atoms with Gasteiger partial charge in [0.2, 0.25) is 0 Å². The number of hydrogen-bond acceptors (Lipinski definition) is 3. The Labute approximate surface area is 184 Å². The van der Waals surface area contributed by atoms with Gasteiger partial charge in [0.1, 0.15) is 0 Å². The zero-order chi connectivity index (χ0) is 20.9. The summed E-state index contributed by atoms with van der Waals surface area (Å²) < 4.78 is 13.4. The summed E-state index contributed by atoms with van der Waals surface area (Å²) in [4.78, 5) is 0. The number of rotatable bonds is 0. The first-order valence-electron chi connectivity index (χ1n) is 13.3. The van der Waals surface area contributed by atoms with E-state index in [2.05, 4.69) is 27.7 Å². The summed E-state index contributed by atoms with van der Waals surface area (Å²) in [6.45, 7) is 11.0. The first kappa shape index (κ1) is 20.5. The Morgan fingerprint density at radius 2 is 1.63 bits per heavy atom. The Hall–Kier alpha value is -0.120. The molecular weight excluding hydrogens is 370 g/mol. The Balaban J connectivity index is 1.26. The Morgan fingerprint density at radius 3 is 2.40 bits per heavy atom. The van der Waals surface area contributed by atoms with Crippen LogP contribution in [0.2, 0.25) is 0 Å². The van der Waals surface area contributed by atoms with Crippen LogP contribution in [0.3, 0.4) is 0 Å². The lowest BCUT2D eigenvalue weighted by molar-refractivity contribution is -0.273. The van der Waals surface area contributed by atoms with Crippen molar-refractivity contribution in [2.45, 2.75) is 110 Å². The molecule has 0 amide bonds. The number of ether oxygens (including phenoxy) is 2. The molecule has 0 aromatic carbocycles. The molecule has 4 aliphatic carbocycles. The first-order chi connectivity index (χ1) is 14.3. The third kappa shape index (κ3) is 2.61. The van der Waals surface area contributed by atoms with Gasteiger partial charge in [-0.3, -0.25) is 0 Å². The van der Waals surface area contributed by atoms with E-state index in [0.717, 1.165) is 36.7 Å². The number of nitrogens with two attached hydrogens (primary N) is 1. The monoisotopic (exact) mass is 415 g/mol. The molecule has 2 aliphatic heterocycles. The first-order valence-corrected chi connectivity index (χ1v) is 13.3. The van der Waals surface area contributed by atoms with Gasteiger partial charge in [-0.1, -0.05) is 27.7 Å². The SMILES string of the molecule is C[C@H]1CC[C@@]2(OC1)O[C@H]1C[C@H]3[C@@H]4CC[C@@H]5C[C@@H](N)CC[C@]5(C)[C@H]4CC[C@]3(C)[C@H]1[C@@H]2C. The second-order valence-corrected chi connectivity index (χ2v) is 13.2. The minimum Gasteiger partial charge on any atom is -0.349 e. The van der Waals surface area contributed by atoms with Gasteiger partial charge in [-0.05, 0) is 104 Å². The summed E-state index contributed by atoms with van der Waals surface area (Å²) >= 11 is 0. The molecule has 0 unspecified atom stereocenters. The Kier molecular flexibility index (Phi) is 4.58. The summed E-state index contributed by atoms with van der Waals surface area (Å²) in [6.07, 6.45) is 13.7. The highest BCUT2D eigenvalue weighted by atomic mass is 16.7. The van der Waals surface area contributed by atoms with Gasteiger partial charge in [-0.15, -0.1) is 0 Å². The maximum Gasteiger partial charge on any atom is 0.171 e. The molecule has 2 N–H and O–H groups in total. The van der Waals surface area contributed by atoms with Crippen molar-refractivity contribution in [3.05, 3.63) is 0 Å². The van der Waals surface area contributed by atoms with Gasteiger partial charge in [0.15, 0.2) is 5.79 Å². The lowest BCUT2D eigenvalue weighted by atomic mass is 9.44. The molecule has 2 heterocycles. The fraction of sp³-hybridized carbons (Fsp3) is 1.00. The molecule has 6 fully saturated rings. The summed E-state index contributed by atoms with van der Waals surface area (Å²) in [6, 6.07) is 0.461. The highest BCUT2D eigenvalue weighted by molar-refractivity contribution is 5.15.